The molecule has 0 spiro atoms. The predicted octanol–water partition coefficient (Wildman–Crippen LogP) is 1.37. The van der Waals surface area contributed by atoms with Gasteiger partial charge in [-0.3, -0.25) is 4.79 Å². The van der Waals surface area contributed by atoms with Crippen LogP contribution in [-0.4, -0.2) is 24.3 Å². The lowest BCUT2D eigenvalue weighted by Crippen LogP contribution is -2.39. The summed E-state index contributed by atoms with van der Waals surface area (Å²) in [6.07, 6.45) is 0. The van der Waals surface area contributed by atoms with Gasteiger partial charge in [0.05, 0.1) is 17.7 Å². The van der Waals surface area contributed by atoms with E-state index in [0.29, 0.717) is 23.7 Å². The highest BCUT2D eigenvalue weighted by Gasteiger charge is 2.08. The molecule has 17 heavy (non-hydrogen) atoms. The van der Waals surface area contributed by atoms with Crippen molar-refractivity contribution in [2.75, 3.05) is 12.4 Å². The van der Waals surface area contributed by atoms with Crippen molar-refractivity contribution in [2.45, 2.75) is 13.0 Å². The minimum atomic E-state index is -0.119. The third-order valence-electron chi connectivity index (χ3n) is 2.06. The average Bonchev–Trinajstić information content (AvgIpc) is 2.34. The van der Waals surface area contributed by atoms with Crippen molar-refractivity contribution in [3.63, 3.8) is 0 Å². The van der Waals surface area contributed by atoms with E-state index in [1.165, 1.54) is 6.92 Å². The van der Waals surface area contributed by atoms with Crippen LogP contribution in [0.25, 0.3) is 0 Å². The Balaban J connectivity index is 2.48. The van der Waals surface area contributed by atoms with E-state index in [4.69, 9.17) is 10.00 Å². The molecular formula is C12H14N2O2S. The van der Waals surface area contributed by atoms with Crippen molar-refractivity contribution in [1.82, 2.24) is 5.32 Å². The number of carbonyl (C=O) groups excluding carboxylic acids is 1. The minimum Gasteiger partial charge on any atom is -0.491 e. The number of amides is 1. The van der Waals surface area contributed by atoms with Crippen LogP contribution in [0.2, 0.25) is 0 Å². The molecule has 0 aromatic heterocycles. The van der Waals surface area contributed by atoms with Gasteiger partial charge in [-0.15, -0.1) is 0 Å². The maximum absolute atomic E-state index is 10.9. The molecule has 5 heteroatoms. The Hall–Kier alpha value is -1.67. The van der Waals surface area contributed by atoms with Crippen LogP contribution in [0.5, 0.6) is 5.75 Å². The molecule has 0 aliphatic heterocycles. The maximum Gasteiger partial charge on any atom is 0.217 e. The second-order valence-electron chi connectivity index (χ2n) is 3.53. The second-order valence-corrected chi connectivity index (χ2v) is 3.89. The van der Waals surface area contributed by atoms with Crippen LogP contribution in [0.1, 0.15) is 12.5 Å². The molecule has 0 aliphatic rings. The Bertz CT molecular complexity index is 412. The van der Waals surface area contributed by atoms with E-state index in [1.54, 1.807) is 24.3 Å². The van der Waals surface area contributed by atoms with Crippen molar-refractivity contribution >= 4 is 18.5 Å². The largest absolute Gasteiger partial charge is 0.491 e. The minimum absolute atomic E-state index is 0.104. The lowest BCUT2D eigenvalue weighted by Gasteiger charge is -2.16. The molecule has 0 saturated carbocycles. The van der Waals surface area contributed by atoms with E-state index in [1.807, 2.05) is 6.07 Å². The van der Waals surface area contributed by atoms with E-state index in [9.17, 15) is 4.79 Å². The van der Waals surface area contributed by atoms with Crippen LogP contribution >= 0.6 is 12.6 Å². The molecule has 0 aliphatic carbocycles. The average molecular weight is 250 g/mol. The fourth-order valence-corrected chi connectivity index (χ4v) is 1.45. The van der Waals surface area contributed by atoms with Gasteiger partial charge in [-0.1, -0.05) is 0 Å². The van der Waals surface area contributed by atoms with Crippen LogP contribution < -0.4 is 10.1 Å². The van der Waals surface area contributed by atoms with Crippen molar-refractivity contribution in [3.05, 3.63) is 29.8 Å². The monoisotopic (exact) mass is 250 g/mol. The second kappa shape index (κ2) is 6.81. The Morgan fingerprint density at radius 2 is 2.18 bits per heavy atom. The van der Waals surface area contributed by atoms with Gasteiger partial charge in [0.2, 0.25) is 5.91 Å². The maximum atomic E-state index is 10.9. The highest BCUT2D eigenvalue weighted by molar-refractivity contribution is 7.80. The van der Waals surface area contributed by atoms with E-state index < -0.39 is 0 Å². The van der Waals surface area contributed by atoms with Crippen molar-refractivity contribution < 1.29 is 9.53 Å². The van der Waals surface area contributed by atoms with Gasteiger partial charge in [0.15, 0.2) is 0 Å². The summed E-state index contributed by atoms with van der Waals surface area (Å²) < 4.78 is 5.49. The summed E-state index contributed by atoms with van der Waals surface area (Å²) in [6, 6.07) is 8.73. The number of rotatable bonds is 5. The predicted molar refractivity (Wildman–Crippen MR) is 68.1 cm³/mol. The van der Waals surface area contributed by atoms with Gasteiger partial charge >= 0.3 is 0 Å². The van der Waals surface area contributed by atoms with Gasteiger partial charge in [-0.05, 0) is 24.3 Å². The molecule has 0 heterocycles. The van der Waals surface area contributed by atoms with Crippen LogP contribution in [0.3, 0.4) is 0 Å². The van der Waals surface area contributed by atoms with E-state index in [0.717, 1.165) is 0 Å². The zero-order chi connectivity index (χ0) is 12.7. The standard InChI is InChI=1S/C12H14N2O2S/c1-9(15)14-11(8-17)7-16-12-4-2-10(6-13)3-5-12/h2-5,11,17H,7-8H2,1H3,(H,14,15). The molecule has 1 aromatic rings. The number of hydrogen-bond acceptors (Lipinski definition) is 4. The molecule has 4 nitrogen and oxygen atoms in total. The normalized spacial score (nSPS) is 11.4. The molecule has 0 fully saturated rings. The number of nitrogens with zero attached hydrogens (tertiary/aromatic N) is 1. The number of nitriles is 1. The molecular weight excluding hydrogens is 236 g/mol. The van der Waals surface area contributed by atoms with Gasteiger partial charge in [0.1, 0.15) is 12.4 Å². The third-order valence-corrected chi connectivity index (χ3v) is 2.50. The topological polar surface area (TPSA) is 62.1 Å². The quantitative estimate of drug-likeness (QED) is 0.776. The zero-order valence-electron chi connectivity index (χ0n) is 9.51. The third kappa shape index (κ3) is 4.79. The molecule has 1 aromatic carbocycles. The lowest BCUT2D eigenvalue weighted by molar-refractivity contribution is -0.119. The van der Waals surface area contributed by atoms with Crippen molar-refractivity contribution in [1.29, 1.82) is 5.26 Å². The summed E-state index contributed by atoms with van der Waals surface area (Å²) in [5, 5.41) is 11.4. The fourth-order valence-electron chi connectivity index (χ4n) is 1.25. The summed E-state index contributed by atoms with van der Waals surface area (Å²) >= 11 is 4.13. The van der Waals surface area contributed by atoms with Gasteiger partial charge in [0, 0.05) is 12.7 Å². The Labute approximate surface area is 106 Å². The van der Waals surface area contributed by atoms with Crippen LogP contribution in [0.15, 0.2) is 24.3 Å². The summed E-state index contributed by atoms with van der Waals surface area (Å²) in [7, 11) is 0. The smallest absolute Gasteiger partial charge is 0.217 e. The molecule has 1 unspecified atom stereocenters. The van der Waals surface area contributed by atoms with E-state index in [2.05, 4.69) is 17.9 Å². The summed E-state index contributed by atoms with van der Waals surface area (Å²) in [5.41, 5.74) is 0.588. The number of thiol groups is 1. The van der Waals surface area contributed by atoms with E-state index in [-0.39, 0.29) is 11.9 Å². The van der Waals surface area contributed by atoms with Gasteiger partial charge in [0.25, 0.3) is 0 Å². The highest BCUT2D eigenvalue weighted by atomic mass is 32.1. The molecule has 1 amide bonds. The highest BCUT2D eigenvalue weighted by Crippen LogP contribution is 2.11. The first-order valence-electron chi connectivity index (χ1n) is 5.16. The molecule has 1 N–H and O–H groups in total. The molecule has 0 radical (unpaired) electrons. The zero-order valence-corrected chi connectivity index (χ0v) is 10.4. The first-order chi connectivity index (χ1) is 8.15. The number of hydrogen-bond donors (Lipinski definition) is 2. The van der Waals surface area contributed by atoms with E-state index >= 15 is 0 Å². The van der Waals surface area contributed by atoms with Crippen molar-refractivity contribution in [3.8, 4) is 11.8 Å². The summed E-state index contributed by atoms with van der Waals surface area (Å²) in [4.78, 5) is 10.9. The molecule has 90 valence electrons. The molecule has 1 rings (SSSR count). The first kappa shape index (κ1) is 13.4. The van der Waals surface area contributed by atoms with Crippen LogP contribution in [-0.2, 0) is 4.79 Å². The Kier molecular flexibility index (Phi) is 5.37. The van der Waals surface area contributed by atoms with Crippen LogP contribution in [0.4, 0.5) is 0 Å². The Morgan fingerprint density at radius 3 is 2.65 bits per heavy atom. The SMILES string of the molecule is CC(=O)NC(CS)COc1ccc(C#N)cc1. The van der Waals surface area contributed by atoms with Gasteiger partial charge in [-0.25, -0.2) is 0 Å². The fraction of sp³-hybridized carbons (Fsp3) is 0.333. The van der Waals surface area contributed by atoms with Crippen molar-refractivity contribution in [2.24, 2.45) is 0 Å². The Morgan fingerprint density at radius 1 is 1.53 bits per heavy atom. The number of ether oxygens (including phenoxy) is 1. The first-order valence-corrected chi connectivity index (χ1v) is 5.80. The summed E-state index contributed by atoms with van der Waals surface area (Å²) in [5.74, 6) is 1.07. The molecule has 0 saturated heterocycles. The number of nitrogens with one attached hydrogen (secondary N) is 1. The van der Waals surface area contributed by atoms with Gasteiger partial charge < -0.3 is 10.1 Å². The molecule has 0 bridgehead atoms. The number of carbonyl (C=O) groups is 1. The lowest BCUT2D eigenvalue weighted by atomic mass is 10.2. The number of benzene rings is 1. The van der Waals surface area contributed by atoms with Gasteiger partial charge in [-0.2, -0.15) is 17.9 Å². The van der Waals surface area contributed by atoms with Crippen LogP contribution in [0, 0.1) is 11.3 Å². The summed E-state index contributed by atoms with van der Waals surface area (Å²) in [6.45, 7) is 1.81. The molecule has 1 atom stereocenters.